The first-order valence-corrected chi connectivity index (χ1v) is 12.8. The second-order valence-corrected chi connectivity index (χ2v) is 9.90. The van der Waals surface area contributed by atoms with Crippen LogP contribution in [0.15, 0.2) is 48.5 Å². The van der Waals surface area contributed by atoms with Gasteiger partial charge in [0.25, 0.3) is 5.91 Å². The summed E-state index contributed by atoms with van der Waals surface area (Å²) < 4.78 is 12.8. The van der Waals surface area contributed by atoms with Crippen LogP contribution in [-0.2, 0) is 23.1 Å². The molecule has 0 bridgehead atoms. The van der Waals surface area contributed by atoms with Crippen LogP contribution in [0, 0.1) is 6.92 Å². The van der Waals surface area contributed by atoms with Gasteiger partial charge < -0.3 is 19.7 Å². The molecule has 0 saturated carbocycles. The van der Waals surface area contributed by atoms with E-state index in [4.69, 9.17) is 9.47 Å². The third-order valence-electron chi connectivity index (χ3n) is 6.55. The maximum atomic E-state index is 12.9. The van der Waals surface area contributed by atoms with Crippen molar-refractivity contribution in [3.05, 3.63) is 65.4 Å². The van der Waals surface area contributed by atoms with Crippen LogP contribution in [0.2, 0.25) is 0 Å². The molecular formula is C29H36N4O4. The number of hydrogen-bond donors (Lipinski definition) is 1. The molecule has 1 N–H and O–H groups in total. The Labute approximate surface area is 218 Å². The third-order valence-corrected chi connectivity index (χ3v) is 6.55. The molecule has 0 atom stereocenters. The summed E-state index contributed by atoms with van der Waals surface area (Å²) in [5.41, 5.74) is 4.20. The predicted octanol–water partition coefficient (Wildman–Crippen LogP) is 4.65. The number of nitrogens with zero attached hydrogens (tertiary/aromatic N) is 3. The molecule has 1 aliphatic heterocycles. The van der Waals surface area contributed by atoms with Crippen molar-refractivity contribution in [3.8, 4) is 17.0 Å². The second kappa shape index (κ2) is 11.1. The van der Waals surface area contributed by atoms with Crippen molar-refractivity contribution in [2.75, 3.05) is 24.6 Å². The first kappa shape index (κ1) is 26.3. The van der Waals surface area contributed by atoms with Crippen molar-refractivity contribution in [2.45, 2.75) is 52.7 Å². The van der Waals surface area contributed by atoms with Crippen LogP contribution < -0.4 is 15.0 Å². The standard InChI is InChI=1S/C29H36N4O4/c1-6-36-28(35)29(3,4)37-26-13-12-21(16-20(26)2)19-30-27(34)24-18-25(32(5)31-24)22-10-9-11-23(17-22)33-14-7-8-15-33/h9-13,16-18H,6-8,14-15,19H2,1-5H3,(H,30,34). The zero-order valence-electron chi connectivity index (χ0n) is 22.3. The lowest BCUT2D eigenvalue weighted by Crippen LogP contribution is -2.39. The number of carbonyl (C=O) groups is 2. The molecule has 1 fully saturated rings. The molecule has 2 heterocycles. The van der Waals surface area contributed by atoms with E-state index in [2.05, 4.69) is 33.5 Å². The molecule has 0 radical (unpaired) electrons. The summed E-state index contributed by atoms with van der Waals surface area (Å²) in [6.07, 6.45) is 2.45. The van der Waals surface area contributed by atoms with Gasteiger partial charge in [-0.15, -0.1) is 0 Å². The van der Waals surface area contributed by atoms with Gasteiger partial charge in [-0.25, -0.2) is 4.79 Å². The third kappa shape index (κ3) is 6.13. The number of ether oxygens (including phenoxy) is 2. The maximum absolute atomic E-state index is 12.9. The van der Waals surface area contributed by atoms with E-state index in [-0.39, 0.29) is 5.91 Å². The lowest BCUT2D eigenvalue weighted by Gasteiger charge is -2.25. The Balaban J connectivity index is 1.40. The average Bonchev–Trinajstić information content (AvgIpc) is 3.54. The summed E-state index contributed by atoms with van der Waals surface area (Å²) in [5.74, 6) is -0.0547. The number of esters is 1. The SMILES string of the molecule is CCOC(=O)C(C)(C)Oc1ccc(CNC(=O)c2cc(-c3cccc(N4CCCC4)c3)n(C)n2)cc1C. The minimum absolute atomic E-state index is 0.237. The van der Waals surface area contributed by atoms with Gasteiger partial charge in [-0.1, -0.05) is 24.3 Å². The summed E-state index contributed by atoms with van der Waals surface area (Å²) in [4.78, 5) is 27.4. The van der Waals surface area contributed by atoms with E-state index in [1.54, 1.807) is 25.5 Å². The Kier molecular flexibility index (Phi) is 7.86. The van der Waals surface area contributed by atoms with Gasteiger partial charge in [-0.05, 0) is 75.9 Å². The highest BCUT2D eigenvalue weighted by Crippen LogP contribution is 2.28. The highest BCUT2D eigenvalue weighted by atomic mass is 16.6. The minimum atomic E-state index is -1.10. The lowest BCUT2D eigenvalue weighted by atomic mass is 10.1. The number of amides is 1. The van der Waals surface area contributed by atoms with Gasteiger partial charge in [-0.2, -0.15) is 5.10 Å². The van der Waals surface area contributed by atoms with Crippen LogP contribution in [0.5, 0.6) is 5.75 Å². The van der Waals surface area contributed by atoms with Crippen LogP contribution in [0.4, 0.5) is 5.69 Å². The minimum Gasteiger partial charge on any atom is -0.476 e. The molecule has 8 heteroatoms. The van der Waals surface area contributed by atoms with Crippen molar-refractivity contribution in [3.63, 3.8) is 0 Å². The summed E-state index contributed by atoms with van der Waals surface area (Å²) in [5, 5.41) is 7.41. The average molecular weight is 505 g/mol. The zero-order chi connectivity index (χ0) is 26.6. The normalized spacial score (nSPS) is 13.5. The van der Waals surface area contributed by atoms with Crippen LogP contribution >= 0.6 is 0 Å². The monoisotopic (exact) mass is 504 g/mol. The molecule has 8 nitrogen and oxygen atoms in total. The van der Waals surface area contributed by atoms with Gasteiger partial charge in [-0.3, -0.25) is 9.48 Å². The van der Waals surface area contributed by atoms with E-state index in [0.717, 1.165) is 35.5 Å². The summed E-state index contributed by atoms with van der Waals surface area (Å²) >= 11 is 0. The fourth-order valence-corrected chi connectivity index (χ4v) is 4.52. The Hall–Kier alpha value is -3.81. The molecular weight excluding hydrogens is 468 g/mol. The summed E-state index contributed by atoms with van der Waals surface area (Å²) in [7, 11) is 1.86. The number of rotatable bonds is 9. The highest BCUT2D eigenvalue weighted by molar-refractivity contribution is 5.93. The molecule has 0 spiro atoms. The zero-order valence-corrected chi connectivity index (χ0v) is 22.3. The van der Waals surface area contributed by atoms with E-state index >= 15 is 0 Å². The van der Waals surface area contributed by atoms with Gasteiger partial charge in [0.2, 0.25) is 0 Å². The number of aryl methyl sites for hydroxylation is 2. The number of carbonyl (C=O) groups excluding carboxylic acids is 2. The first-order valence-electron chi connectivity index (χ1n) is 12.8. The fraction of sp³-hybridized carbons (Fsp3) is 0.414. The van der Waals surface area contributed by atoms with Gasteiger partial charge in [0.05, 0.1) is 12.3 Å². The van der Waals surface area contributed by atoms with Gasteiger partial charge in [0, 0.05) is 37.9 Å². The van der Waals surface area contributed by atoms with Crippen molar-refractivity contribution in [1.29, 1.82) is 0 Å². The molecule has 1 amide bonds. The Morgan fingerprint density at radius 2 is 1.84 bits per heavy atom. The van der Waals surface area contributed by atoms with E-state index in [1.165, 1.54) is 18.5 Å². The van der Waals surface area contributed by atoms with Crippen molar-refractivity contribution in [1.82, 2.24) is 15.1 Å². The van der Waals surface area contributed by atoms with Crippen LogP contribution in [0.1, 0.15) is 55.2 Å². The Bertz CT molecular complexity index is 1270. The summed E-state index contributed by atoms with van der Waals surface area (Å²) in [6, 6.07) is 15.9. The Morgan fingerprint density at radius 3 is 2.54 bits per heavy atom. The molecule has 2 aromatic carbocycles. The summed E-state index contributed by atoms with van der Waals surface area (Å²) in [6.45, 7) is 9.84. The fourth-order valence-electron chi connectivity index (χ4n) is 4.52. The smallest absolute Gasteiger partial charge is 0.349 e. The van der Waals surface area contributed by atoms with Crippen LogP contribution in [0.3, 0.4) is 0 Å². The molecule has 1 saturated heterocycles. The Morgan fingerprint density at radius 1 is 1.08 bits per heavy atom. The van der Waals surface area contributed by atoms with Crippen LogP contribution in [-0.4, -0.2) is 47.0 Å². The van der Waals surface area contributed by atoms with Crippen molar-refractivity contribution < 1.29 is 19.1 Å². The number of aromatic nitrogens is 2. The lowest BCUT2D eigenvalue weighted by molar-refractivity contribution is -0.158. The van der Waals surface area contributed by atoms with E-state index in [9.17, 15) is 9.59 Å². The largest absolute Gasteiger partial charge is 0.476 e. The quantitative estimate of drug-likeness (QED) is 0.427. The number of anilines is 1. The molecule has 0 aliphatic carbocycles. The van der Waals surface area contributed by atoms with Gasteiger partial charge in [0.1, 0.15) is 5.75 Å². The van der Waals surface area contributed by atoms with E-state index in [1.807, 2.05) is 44.3 Å². The predicted molar refractivity (Wildman–Crippen MR) is 144 cm³/mol. The molecule has 3 aromatic rings. The van der Waals surface area contributed by atoms with E-state index < -0.39 is 11.6 Å². The van der Waals surface area contributed by atoms with Crippen LogP contribution in [0.25, 0.3) is 11.3 Å². The number of nitrogens with one attached hydrogen (secondary N) is 1. The first-order chi connectivity index (χ1) is 17.7. The molecule has 1 aliphatic rings. The molecule has 4 rings (SSSR count). The number of hydrogen-bond acceptors (Lipinski definition) is 6. The van der Waals surface area contributed by atoms with Crippen molar-refractivity contribution in [2.24, 2.45) is 7.05 Å². The second-order valence-electron chi connectivity index (χ2n) is 9.90. The molecule has 37 heavy (non-hydrogen) atoms. The topological polar surface area (TPSA) is 85.7 Å². The molecule has 196 valence electrons. The van der Waals surface area contributed by atoms with E-state index in [0.29, 0.717) is 24.6 Å². The molecule has 0 unspecified atom stereocenters. The van der Waals surface area contributed by atoms with Gasteiger partial charge >= 0.3 is 5.97 Å². The highest BCUT2D eigenvalue weighted by Gasteiger charge is 2.32. The number of benzene rings is 2. The van der Waals surface area contributed by atoms with Gasteiger partial charge in [0.15, 0.2) is 11.3 Å². The maximum Gasteiger partial charge on any atom is 0.349 e. The van der Waals surface area contributed by atoms with Crippen molar-refractivity contribution >= 4 is 17.6 Å². The molecule has 1 aromatic heterocycles.